The molecule has 7 nitrogen and oxygen atoms in total. The largest absolute Gasteiger partial charge is 0.354 e. The second kappa shape index (κ2) is 7.77. The molecule has 4 aromatic rings. The van der Waals surface area contributed by atoms with Crippen molar-refractivity contribution in [2.24, 2.45) is 0 Å². The van der Waals surface area contributed by atoms with Gasteiger partial charge in [-0.05, 0) is 30.7 Å². The van der Waals surface area contributed by atoms with Gasteiger partial charge in [-0.2, -0.15) is 0 Å². The van der Waals surface area contributed by atoms with Crippen LogP contribution in [0.15, 0.2) is 58.1 Å². The summed E-state index contributed by atoms with van der Waals surface area (Å²) in [6.07, 6.45) is 1.51. The number of benzene rings is 2. The zero-order valence-electron chi connectivity index (χ0n) is 15.0. The van der Waals surface area contributed by atoms with Gasteiger partial charge in [-0.1, -0.05) is 24.3 Å². The molecule has 0 saturated heterocycles. The summed E-state index contributed by atoms with van der Waals surface area (Å²) in [6.45, 7) is 0.251. The first-order chi connectivity index (χ1) is 13.6. The molecule has 0 spiro atoms. The molecule has 0 bridgehead atoms. The number of aromatic nitrogens is 3. The molecule has 0 aliphatic heterocycles. The van der Waals surface area contributed by atoms with Crippen molar-refractivity contribution < 1.29 is 4.79 Å². The highest BCUT2D eigenvalue weighted by Crippen LogP contribution is 2.22. The maximum atomic E-state index is 12.4. The molecule has 0 saturated carbocycles. The van der Waals surface area contributed by atoms with Gasteiger partial charge < -0.3 is 5.32 Å². The van der Waals surface area contributed by atoms with Crippen molar-refractivity contribution in [1.29, 1.82) is 0 Å². The molecule has 0 aliphatic rings. The minimum atomic E-state index is -0.390. The molecule has 0 fully saturated rings. The van der Waals surface area contributed by atoms with Gasteiger partial charge in [-0.3, -0.25) is 19.5 Å². The number of carbonyl (C=O) groups is 1. The third-order valence-corrected chi connectivity index (χ3v) is 5.51. The minimum Gasteiger partial charge on any atom is -0.354 e. The van der Waals surface area contributed by atoms with Crippen molar-refractivity contribution in [3.63, 3.8) is 0 Å². The molecule has 0 aliphatic carbocycles. The van der Waals surface area contributed by atoms with E-state index in [1.54, 1.807) is 35.6 Å². The molecular formula is C20H18N4O3S. The van der Waals surface area contributed by atoms with Crippen LogP contribution in [0.3, 0.4) is 0 Å². The van der Waals surface area contributed by atoms with Gasteiger partial charge in [0.2, 0.25) is 5.91 Å². The lowest BCUT2D eigenvalue weighted by atomic mass is 10.2. The van der Waals surface area contributed by atoms with Crippen molar-refractivity contribution in [3.05, 3.63) is 74.2 Å². The average molecular weight is 394 g/mol. The van der Waals surface area contributed by atoms with Gasteiger partial charge in [0.1, 0.15) is 6.54 Å². The summed E-state index contributed by atoms with van der Waals surface area (Å²) in [5.74, 6) is -0.322. The predicted molar refractivity (Wildman–Crippen MR) is 110 cm³/mol. The molecule has 0 unspecified atom stereocenters. The van der Waals surface area contributed by atoms with E-state index in [4.69, 9.17) is 0 Å². The predicted octanol–water partition coefficient (Wildman–Crippen LogP) is 2.05. The number of H-pyrrole nitrogens is 1. The topological polar surface area (TPSA) is 96.9 Å². The number of aromatic amines is 1. The summed E-state index contributed by atoms with van der Waals surface area (Å²) < 4.78 is 2.20. The first kappa shape index (κ1) is 18.1. The fourth-order valence-corrected chi connectivity index (χ4v) is 4.06. The lowest BCUT2D eigenvalue weighted by molar-refractivity contribution is -0.121. The molecule has 2 heterocycles. The number of para-hydroxylation sites is 1. The molecular weight excluding hydrogens is 376 g/mol. The summed E-state index contributed by atoms with van der Waals surface area (Å²) in [5.41, 5.74) is 0.213. The Bertz CT molecular complexity index is 1240. The van der Waals surface area contributed by atoms with Crippen LogP contribution in [0.25, 0.3) is 21.0 Å². The Morgan fingerprint density at radius 2 is 1.82 bits per heavy atom. The van der Waals surface area contributed by atoms with Gasteiger partial charge in [0, 0.05) is 13.0 Å². The molecule has 1 amide bonds. The van der Waals surface area contributed by atoms with Crippen molar-refractivity contribution in [2.45, 2.75) is 19.4 Å². The standard InChI is InChI=1S/C20H18N4O3S/c25-17(12-24-20(27)14-7-2-1-6-13(14)19(26)23-24)21-11-5-10-18-22-15-8-3-4-9-16(15)28-18/h1-4,6-9H,5,10-12H2,(H,21,25)(H,23,26). The third-order valence-electron chi connectivity index (χ3n) is 4.41. The Morgan fingerprint density at radius 1 is 1.07 bits per heavy atom. The van der Waals surface area contributed by atoms with Gasteiger partial charge >= 0.3 is 0 Å². The number of hydrogen-bond acceptors (Lipinski definition) is 5. The molecule has 142 valence electrons. The first-order valence-electron chi connectivity index (χ1n) is 8.95. The van der Waals surface area contributed by atoms with Gasteiger partial charge in [0.15, 0.2) is 0 Å². The number of hydrogen-bond donors (Lipinski definition) is 2. The molecule has 8 heteroatoms. The van der Waals surface area contributed by atoms with Gasteiger partial charge in [-0.15, -0.1) is 11.3 Å². The second-order valence-corrected chi connectivity index (χ2v) is 7.52. The number of fused-ring (bicyclic) bond motifs is 2. The maximum absolute atomic E-state index is 12.4. The van der Waals surface area contributed by atoms with Crippen LogP contribution in [0, 0.1) is 0 Å². The van der Waals surface area contributed by atoms with E-state index in [1.165, 1.54) is 0 Å². The molecule has 28 heavy (non-hydrogen) atoms. The monoisotopic (exact) mass is 394 g/mol. The molecule has 2 N–H and O–H groups in total. The van der Waals surface area contributed by atoms with Crippen molar-refractivity contribution in [1.82, 2.24) is 20.1 Å². The number of carbonyl (C=O) groups excluding carboxylic acids is 1. The highest BCUT2D eigenvalue weighted by molar-refractivity contribution is 7.18. The fraction of sp³-hybridized carbons (Fsp3) is 0.200. The third kappa shape index (κ3) is 3.72. The highest BCUT2D eigenvalue weighted by atomic mass is 32.1. The van der Waals surface area contributed by atoms with E-state index in [1.807, 2.05) is 24.3 Å². The number of aryl methyl sites for hydroxylation is 1. The molecule has 0 atom stereocenters. The summed E-state index contributed by atoms with van der Waals surface area (Å²) in [5, 5.41) is 6.90. The summed E-state index contributed by atoms with van der Waals surface area (Å²) in [4.78, 5) is 41.2. The first-order valence-corrected chi connectivity index (χ1v) is 9.76. The molecule has 0 radical (unpaired) electrons. The van der Waals surface area contributed by atoms with Crippen molar-refractivity contribution >= 4 is 38.2 Å². The fourth-order valence-electron chi connectivity index (χ4n) is 3.05. The van der Waals surface area contributed by atoms with Crippen LogP contribution >= 0.6 is 11.3 Å². The van der Waals surface area contributed by atoms with Crippen LogP contribution in [0.2, 0.25) is 0 Å². The van der Waals surface area contributed by atoms with E-state index in [2.05, 4.69) is 15.4 Å². The van der Waals surface area contributed by atoms with Gasteiger partial charge in [0.25, 0.3) is 11.1 Å². The zero-order valence-corrected chi connectivity index (χ0v) is 15.8. The Balaban J connectivity index is 1.34. The number of rotatable bonds is 6. The highest BCUT2D eigenvalue weighted by Gasteiger charge is 2.10. The summed E-state index contributed by atoms with van der Waals surface area (Å²) >= 11 is 1.65. The quantitative estimate of drug-likeness (QED) is 0.489. The van der Waals surface area contributed by atoms with Crippen LogP contribution in [0.1, 0.15) is 11.4 Å². The maximum Gasteiger partial charge on any atom is 0.273 e. The molecule has 2 aromatic carbocycles. The second-order valence-electron chi connectivity index (χ2n) is 6.41. The number of amides is 1. The average Bonchev–Trinajstić information content (AvgIpc) is 3.12. The van der Waals surface area contributed by atoms with E-state index >= 15 is 0 Å². The van der Waals surface area contributed by atoms with E-state index < -0.39 is 0 Å². The van der Waals surface area contributed by atoms with Crippen LogP contribution in [-0.4, -0.2) is 27.2 Å². The summed E-state index contributed by atoms with van der Waals surface area (Å²) in [6, 6.07) is 14.5. The lowest BCUT2D eigenvalue weighted by Crippen LogP contribution is -2.37. The number of nitrogens with zero attached hydrogens (tertiary/aromatic N) is 2. The van der Waals surface area contributed by atoms with Crippen LogP contribution in [0.4, 0.5) is 0 Å². The van der Waals surface area contributed by atoms with E-state index in [0.717, 1.165) is 32.7 Å². The van der Waals surface area contributed by atoms with E-state index in [9.17, 15) is 14.4 Å². The van der Waals surface area contributed by atoms with Gasteiger partial charge in [0.05, 0.1) is 26.0 Å². The van der Waals surface area contributed by atoms with E-state index in [-0.39, 0.29) is 23.6 Å². The van der Waals surface area contributed by atoms with Gasteiger partial charge in [-0.25, -0.2) is 9.67 Å². The molecule has 4 rings (SSSR count). The Kier molecular flexibility index (Phi) is 5.03. The Hall–Kier alpha value is -3.26. The van der Waals surface area contributed by atoms with Crippen molar-refractivity contribution in [3.8, 4) is 0 Å². The van der Waals surface area contributed by atoms with Crippen molar-refractivity contribution in [2.75, 3.05) is 6.54 Å². The molecule has 2 aromatic heterocycles. The van der Waals surface area contributed by atoms with E-state index in [0.29, 0.717) is 17.3 Å². The normalized spacial score (nSPS) is 11.1. The zero-order chi connectivity index (χ0) is 19.5. The van der Waals surface area contributed by atoms with Crippen LogP contribution in [-0.2, 0) is 17.8 Å². The summed E-state index contributed by atoms with van der Waals surface area (Å²) in [7, 11) is 0. The van der Waals surface area contributed by atoms with Crippen LogP contribution < -0.4 is 16.4 Å². The SMILES string of the molecule is O=C(Cn1[nH]c(=O)c2ccccc2c1=O)NCCCc1nc2ccccc2s1. The number of nitrogens with one attached hydrogen (secondary N) is 2. The Morgan fingerprint density at radius 3 is 2.64 bits per heavy atom. The van der Waals surface area contributed by atoms with Crippen LogP contribution in [0.5, 0.6) is 0 Å². The minimum absolute atomic E-state index is 0.222. The smallest absolute Gasteiger partial charge is 0.273 e. The Labute approximate surface area is 163 Å². The number of thiazole rings is 1. The lowest BCUT2D eigenvalue weighted by Gasteiger charge is -2.08.